The Hall–Kier alpha value is -2.96. The first-order valence-corrected chi connectivity index (χ1v) is 8.07. The molecule has 26 heavy (non-hydrogen) atoms. The van der Waals surface area contributed by atoms with E-state index in [1.165, 1.54) is 5.56 Å². The van der Waals surface area contributed by atoms with E-state index in [0.29, 0.717) is 19.1 Å². The van der Waals surface area contributed by atoms with E-state index in [4.69, 9.17) is 9.57 Å². The molecule has 0 saturated heterocycles. The number of ether oxygens (including phenoxy) is 1. The first-order valence-electron chi connectivity index (χ1n) is 8.07. The number of benzene rings is 2. The Morgan fingerprint density at radius 1 is 1.12 bits per heavy atom. The maximum absolute atomic E-state index is 13.4. The van der Waals surface area contributed by atoms with E-state index in [0.717, 1.165) is 29.7 Å². The summed E-state index contributed by atoms with van der Waals surface area (Å²) in [6, 6.07) is 8.71. The molecule has 138 valence electrons. The molecule has 0 bridgehead atoms. The van der Waals surface area contributed by atoms with Gasteiger partial charge in [0.25, 0.3) is 5.91 Å². The van der Waals surface area contributed by atoms with Gasteiger partial charge in [-0.1, -0.05) is 11.2 Å². The summed E-state index contributed by atoms with van der Waals surface area (Å²) in [4.78, 5) is 16.5. The Bertz CT molecular complexity index is 794. The van der Waals surface area contributed by atoms with Gasteiger partial charge in [0.05, 0.1) is 12.3 Å². The largest absolute Gasteiger partial charge is 0.493 e. The summed E-state index contributed by atoms with van der Waals surface area (Å²) >= 11 is 0. The Labute approximate surface area is 150 Å². The van der Waals surface area contributed by atoms with Crippen LogP contribution in [-0.4, -0.2) is 25.3 Å². The van der Waals surface area contributed by atoms with Crippen molar-refractivity contribution in [1.29, 1.82) is 0 Å². The molecule has 0 heterocycles. The second kappa shape index (κ2) is 9.50. The van der Waals surface area contributed by atoms with Gasteiger partial charge in [-0.25, -0.2) is 8.78 Å². The van der Waals surface area contributed by atoms with Gasteiger partial charge in [-0.3, -0.25) is 4.79 Å². The van der Waals surface area contributed by atoms with Gasteiger partial charge in [0, 0.05) is 12.5 Å². The highest BCUT2D eigenvalue weighted by atomic mass is 19.1. The number of amides is 1. The van der Waals surface area contributed by atoms with Gasteiger partial charge in [0.15, 0.2) is 0 Å². The number of anilines is 1. The minimum atomic E-state index is -0.865. The average molecular weight is 362 g/mol. The molecule has 0 spiro atoms. The number of hydrogen-bond donors (Lipinski definition) is 1. The number of halogens is 2. The predicted octanol–water partition coefficient (Wildman–Crippen LogP) is 3.99. The summed E-state index contributed by atoms with van der Waals surface area (Å²) in [6.07, 6.45) is 1.46. The molecule has 0 atom stereocenters. The van der Waals surface area contributed by atoms with E-state index in [1.807, 2.05) is 32.0 Å². The number of carbonyl (C=O) groups is 1. The molecule has 1 amide bonds. The van der Waals surface area contributed by atoms with E-state index in [2.05, 4.69) is 10.5 Å². The van der Waals surface area contributed by atoms with Crippen LogP contribution in [0.2, 0.25) is 0 Å². The van der Waals surface area contributed by atoms with Crippen LogP contribution < -0.4 is 10.1 Å². The Balaban J connectivity index is 1.64. The Morgan fingerprint density at radius 2 is 1.92 bits per heavy atom. The van der Waals surface area contributed by atoms with Gasteiger partial charge in [-0.2, -0.15) is 0 Å². The molecule has 0 aromatic heterocycles. The zero-order valence-corrected chi connectivity index (χ0v) is 14.6. The van der Waals surface area contributed by atoms with Crippen molar-refractivity contribution in [3.8, 4) is 5.75 Å². The number of nitrogens with zero attached hydrogens (tertiary/aromatic N) is 1. The fraction of sp³-hybridized carbons (Fsp3) is 0.263. The maximum atomic E-state index is 13.4. The van der Waals surface area contributed by atoms with Gasteiger partial charge in [-0.05, 0) is 49.2 Å². The zero-order chi connectivity index (χ0) is 18.9. The van der Waals surface area contributed by atoms with Gasteiger partial charge in [0.2, 0.25) is 0 Å². The monoisotopic (exact) mass is 362 g/mol. The number of nitrogens with one attached hydrogen (secondary N) is 1. The minimum absolute atomic E-state index is 0.135. The number of hydrogen-bond acceptors (Lipinski definition) is 4. The second-order valence-electron chi connectivity index (χ2n) is 5.63. The van der Waals surface area contributed by atoms with E-state index < -0.39 is 17.5 Å². The van der Waals surface area contributed by atoms with Crippen molar-refractivity contribution in [1.82, 2.24) is 0 Å². The molecular weight excluding hydrogens is 342 g/mol. The SMILES string of the molecule is Cc1ccc(OCCCO/N=C/C(=O)Nc2ccc(F)cc2F)cc1C. The molecule has 0 aliphatic heterocycles. The highest BCUT2D eigenvalue weighted by molar-refractivity contribution is 6.31. The third kappa shape index (κ3) is 6.16. The summed E-state index contributed by atoms with van der Waals surface area (Å²) in [5, 5.41) is 5.73. The van der Waals surface area contributed by atoms with Crippen LogP contribution in [0.4, 0.5) is 14.5 Å². The highest BCUT2D eigenvalue weighted by Gasteiger charge is 2.06. The van der Waals surface area contributed by atoms with E-state index in [1.54, 1.807) is 0 Å². The summed E-state index contributed by atoms with van der Waals surface area (Å²) < 4.78 is 31.7. The van der Waals surface area contributed by atoms with Gasteiger partial charge >= 0.3 is 0 Å². The lowest BCUT2D eigenvalue weighted by Crippen LogP contribution is -2.14. The molecule has 2 rings (SSSR count). The number of oxime groups is 1. The normalized spacial score (nSPS) is 10.8. The second-order valence-corrected chi connectivity index (χ2v) is 5.63. The third-order valence-corrected chi connectivity index (χ3v) is 3.56. The maximum Gasteiger partial charge on any atom is 0.270 e. The Kier molecular flexibility index (Phi) is 7.08. The van der Waals surface area contributed by atoms with Crippen molar-refractivity contribution in [2.75, 3.05) is 18.5 Å². The molecule has 0 radical (unpaired) electrons. The van der Waals surface area contributed by atoms with Gasteiger partial charge < -0.3 is 14.9 Å². The molecule has 0 saturated carbocycles. The molecule has 2 aromatic carbocycles. The first-order chi connectivity index (χ1) is 12.5. The van der Waals surface area contributed by atoms with Crippen molar-refractivity contribution >= 4 is 17.8 Å². The Morgan fingerprint density at radius 3 is 2.65 bits per heavy atom. The van der Waals surface area contributed by atoms with Crippen molar-refractivity contribution in [2.24, 2.45) is 5.16 Å². The quantitative estimate of drug-likeness (QED) is 0.439. The van der Waals surface area contributed by atoms with Crippen LogP contribution in [0.25, 0.3) is 0 Å². The fourth-order valence-corrected chi connectivity index (χ4v) is 2.01. The summed E-state index contributed by atoms with van der Waals surface area (Å²) in [5.41, 5.74) is 2.23. The molecule has 2 aromatic rings. The highest BCUT2D eigenvalue weighted by Crippen LogP contribution is 2.16. The molecule has 0 fully saturated rings. The summed E-state index contributed by atoms with van der Waals surface area (Å²) in [6.45, 7) is 4.76. The molecular formula is C19H20F2N2O3. The molecule has 1 N–H and O–H groups in total. The first kappa shape index (κ1) is 19.4. The van der Waals surface area contributed by atoms with E-state index in [9.17, 15) is 13.6 Å². The third-order valence-electron chi connectivity index (χ3n) is 3.56. The number of aryl methyl sites for hydroxylation is 2. The van der Waals surface area contributed by atoms with Crippen LogP contribution in [0, 0.1) is 25.5 Å². The predicted molar refractivity (Wildman–Crippen MR) is 95.5 cm³/mol. The standard InChI is InChI=1S/C19H20F2N2O3/c1-13-4-6-16(10-14(13)2)25-8-3-9-26-22-12-19(24)23-18-7-5-15(20)11-17(18)21/h4-7,10-12H,3,8-9H2,1-2H3,(H,23,24)/b22-12+. The van der Waals surface area contributed by atoms with Crippen LogP contribution in [0.3, 0.4) is 0 Å². The lowest BCUT2D eigenvalue weighted by atomic mass is 10.1. The van der Waals surface area contributed by atoms with Crippen molar-refractivity contribution in [2.45, 2.75) is 20.3 Å². The molecule has 0 aliphatic rings. The summed E-state index contributed by atoms with van der Waals surface area (Å²) in [7, 11) is 0. The average Bonchev–Trinajstić information content (AvgIpc) is 2.59. The van der Waals surface area contributed by atoms with Crippen LogP contribution in [0.1, 0.15) is 17.5 Å². The molecule has 7 heteroatoms. The van der Waals surface area contributed by atoms with Gasteiger partial charge in [0.1, 0.15) is 30.2 Å². The molecule has 0 unspecified atom stereocenters. The lowest BCUT2D eigenvalue weighted by molar-refractivity contribution is -0.110. The molecule has 5 nitrogen and oxygen atoms in total. The van der Waals surface area contributed by atoms with Crippen LogP contribution in [0.5, 0.6) is 5.75 Å². The smallest absolute Gasteiger partial charge is 0.270 e. The van der Waals surface area contributed by atoms with Crippen LogP contribution >= 0.6 is 0 Å². The zero-order valence-electron chi connectivity index (χ0n) is 14.6. The van der Waals surface area contributed by atoms with Crippen molar-refractivity contribution < 1.29 is 23.1 Å². The van der Waals surface area contributed by atoms with E-state index in [-0.39, 0.29) is 12.3 Å². The number of carbonyl (C=O) groups excluding carboxylic acids is 1. The topological polar surface area (TPSA) is 59.9 Å². The van der Waals surface area contributed by atoms with Crippen LogP contribution in [-0.2, 0) is 9.63 Å². The number of rotatable bonds is 8. The van der Waals surface area contributed by atoms with Crippen LogP contribution in [0.15, 0.2) is 41.6 Å². The lowest BCUT2D eigenvalue weighted by Gasteiger charge is -2.07. The fourth-order valence-electron chi connectivity index (χ4n) is 2.01. The molecule has 0 aliphatic carbocycles. The minimum Gasteiger partial charge on any atom is -0.493 e. The van der Waals surface area contributed by atoms with Crippen molar-refractivity contribution in [3.63, 3.8) is 0 Å². The van der Waals surface area contributed by atoms with Crippen molar-refractivity contribution in [3.05, 3.63) is 59.2 Å². The summed E-state index contributed by atoms with van der Waals surface area (Å²) in [5.74, 6) is -1.48. The van der Waals surface area contributed by atoms with Gasteiger partial charge in [-0.15, -0.1) is 0 Å². The van der Waals surface area contributed by atoms with E-state index >= 15 is 0 Å².